The summed E-state index contributed by atoms with van der Waals surface area (Å²) in [6, 6.07) is 16.1. The largest absolute Gasteiger partial charge is 0.454 e. The van der Waals surface area contributed by atoms with E-state index in [9.17, 15) is 0 Å². The maximum Gasteiger partial charge on any atom is 0.231 e. The van der Waals surface area contributed by atoms with Crippen LogP contribution in [0.2, 0.25) is 0 Å². The number of fused-ring (bicyclic) bond motifs is 1. The Kier molecular flexibility index (Phi) is 5.97. The van der Waals surface area contributed by atoms with Crippen molar-refractivity contribution in [3.8, 4) is 11.5 Å². The number of nitrogens with zero attached hydrogens (tertiary/aromatic N) is 1. The molecule has 2 fully saturated rings. The lowest BCUT2D eigenvalue weighted by Gasteiger charge is -2.39. The van der Waals surface area contributed by atoms with E-state index in [2.05, 4.69) is 46.6 Å². The quantitative estimate of drug-likeness (QED) is 0.781. The number of benzene rings is 2. The summed E-state index contributed by atoms with van der Waals surface area (Å²) in [5.41, 5.74) is 1.47. The van der Waals surface area contributed by atoms with Gasteiger partial charge in [-0.3, -0.25) is 0 Å². The molecule has 3 aliphatic heterocycles. The third-order valence-electron chi connectivity index (χ3n) is 6.50. The van der Waals surface area contributed by atoms with E-state index in [-0.39, 0.29) is 0 Å². The summed E-state index contributed by atoms with van der Waals surface area (Å²) in [5.74, 6) is 2.53. The van der Waals surface area contributed by atoms with Crippen molar-refractivity contribution in [3.63, 3.8) is 0 Å². The highest BCUT2D eigenvalue weighted by Crippen LogP contribution is 2.38. The summed E-state index contributed by atoms with van der Waals surface area (Å²) in [4.78, 5) is 5.21. The zero-order chi connectivity index (χ0) is 19.5. The van der Waals surface area contributed by atoms with Crippen LogP contribution in [-0.4, -0.2) is 43.9 Å². The van der Waals surface area contributed by atoms with Gasteiger partial charge < -0.3 is 19.7 Å². The molecule has 0 saturated carbocycles. The summed E-state index contributed by atoms with van der Waals surface area (Å²) in [6.07, 6.45) is 6.56. The molecule has 0 bridgehead atoms. The van der Waals surface area contributed by atoms with Gasteiger partial charge in [0.15, 0.2) is 11.5 Å². The molecule has 0 atom stereocenters. The van der Waals surface area contributed by atoms with Crippen molar-refractivity contribution in [2.24, 2.45) is 5.92 Å². The van der Waals surface area contributed by atoms with Crippen LogP contribution in [0.4, 0.5) is 0 Å². The van der Waals surface area contributed by atoms with Crippen LogP contribution >= 0.6 is 11.8 Å². The van der Waals surface area contributed by atoms with E-state index in [0.717, 1.165) is 23.5 Å². The Morgan fingerprint density at radius 2 is 1.59 bits per heavy atom. The van der Waals surface area contributed by atoms with Crippen LogP contribution in [0, 0.1) is 5.92 Å². The third-order valence-corrected chi connectivity index (χ3v) is 7.50. The number of rotatable bonds is 5. The Morgan fingerprint density at radius 1 is 0.862 bits per heavy atom. The van der Waals surface area contributed by atoms with Crippen LogP contribution in [0.25, 0.3) is 0 Å². The van der Waals surface area contributed by atoms with Gasteiger partial charge >= 0.3 is 0 Å². The van der Waals surface area contributed by atoms with Crippen molar-refractivity contribution in [2.45, 2.75) is 47.9 Å². The van der Waals surface area contributed by atoms with Gasteiger partial charge in [-0.15, -0.1) is 0 Å². The minimum absolute atomic E-state index is 0.328. The van der Waals surface area contributed by atoms with E-state index in [1.165, 1.54) is 73.6 Å². The average molecular weight is 411 g/mol. The maximum atomic E-state index is 5.48. The summed E-state index contributed by atoms with van der Waals surface area (Å²) < 4.78 is 10.9. The number of hydrogen-bond donors (Lipinski definition) is 1. The van der Waals surface area contributed by atoms with Crippen LogP contribution in [0.15, 0.2) is 52.3 Å². The molecule has 0 amide bonds. The fourth-order valence-corrected chi connectivity index (χ4v) is 5.64. The van der Waals surface area contributed by atoms with Crippen molar-refractivity contribution in [2.75, 3.05) is 33.0 Å². The molecule has 0 radical (unpaired) electrons. The van der Waals surface area contributed by atoms with E-state index in [1.54, 1.807) is 11.8 Å². The summed E-state index contributed by atoms with van der Waals surface area (Å²) >= 11 is 1.78. The highest BCUT2D eigenvalue weighted by atomic mass is 32.2. The smallest absolute Gasteiger partial charge is 0.231 e. The first-order valence-corrected chi connectivity index (χ1v) is 11.8. The molecule has 0 unspecified atom stereocenters. The van der Waals surface area contributed by atoms with Gasteiger partial charge in [0.1, 0.15) is 0 Å². The van der Waals surface area contributed by atoms with Crippen molar-refractivity contribution < 1.29 is 9.47 Å². The molecule has 3 aliphatic rings. The first-order chi connectivity index (χ1) is 14.3. The maximum absolute atomic E-state index is 5.48. The topological polar surface area (TPSA) is 33.7 Å². The molecule has 2 aromatic rings. The highest BCUT2D eigenvalue weighted by molar-refractivity contribution is 7.99. The van der Waals surface area contributed by atoms with Crippen molar-refractivity contribution in [1.29, 1.82) is 0 Å². The van der Waals surface area contributed by atoms with Gasteiger partial charge in [-0.05, 0) is 100 Å². The Morgan fingerprint density at radius 3 is 2.38 bits per heavy atom. The highest BCUT2D eigenvalue weighted by Gasteiger charge is 2.26. The second-order valence-electron chi connectivity index (χ2n) is 8.43. The lowest BCUT2D eigenvalue weighted by Crippen LogP contribution is -2.46. The van der Waals surface area contributed by atoms with Gasteiger partial charge in [0, 0.05) is 15.8 Å². The Balaban J connectivity index is 1.12. The molecule has 2 saturated heterocycles. The third kappa shape index (κ3) is 4.73. The van der Waals surface area contributed by atoms with E-state index in [1.807, 2.05) is 6.07 Å². The molecule has 4 nitrogen and oxygen atoms in total. The molecule has 1 N–H and O–H groups in total. The van der Waals surface area contributed by atoms with Crippen LogP contribution in [0.5, 0.6) is 11.5 Å². The molecule has 5 heteroatoms. The number of piperidine rings is 2. The van der Waals surface area contributed by atoms with Crippen LogP contribution in [-0.2, 0) is 6.42 Å². The van der Waals surface area contributed by atoms with Gasteiger partial charge in [0.05, 0.1) is 0 Å². The first kappa shape index (κ1) is 19.3. The van der Waals surface area contributed by atoms with Crippen molar-refractivity contribution in [3.05, 3.63) is 48.0 Å². The minimum Gasteiger partial charge on any atom is -0.454 e. The number of nitrogens with one attached hydrogen (secondary N) is 1. The van der Waals surface area contributed by atoms with Gasteiger partial charge in [-0.25, -0.2) is 0 Å². The minimum atomic E-state index is 0.328. The molecule has 2 aromatic carbocycles. The first-order valence-electron chi connectivity index (χ1n) is 10.9. The molecule has 5 rings (SSSR count). The summed E-state index contributed by atoms with van der Waals surface area (Å²) in [7, 11) is 0. The van der Waals surface area contributed by atoms with Crippen molar-refractivity contribution in [1.82, 2.24) is 10.2 Å². The molecule has 0 aromatic heterocycles. The lowest BCUT2D eigenvalue weighted by atomic mass is 9.89. The van der Waals surface area contributed by atoms with Crippen molar-refractivity contribution >= 4 is 11.8 Å². The number of likely N-dealkylation sites (tertiary alicyclic amines) is 1. The Hall–Kier alpha value is -1.69. The molecular formula is C24H30N2O2S. The molecular weight excluding hydrogens is 380 g/mol. The molecule has 154 valence electrons. The van der Waals surface area contributed by atoms with Gasteiger partial charge in [0.2, 0.25) is 6.79 Å². The van der Waals surface area contributed by atoms with E-state index in [4.69, 9.17) is 9.47 Å². The number of hydrogen-bond acceptors (Lipinski definition) is 5. The SMILES string of the molecule is c1cc(Sc2ccc3c(c2)OCO3)ccc1CC1CCN(C2CCNCC2)CC1. The average Bonchev–Trinajstić information content (AvgIpc) is 3.24. The van der Waals surface area contributed by atoms with Crippen LogP contribution in [0.3, 0.4) is 0 Å². The second kappa shape index (κ2) is 8.99. The molecule has 0 aliphatic carbocycles. The van der Waals surface area contributed by atoms with E-state index in [0.29, 0.717) is 6.79 Å². The normalized spacial score (nSPS) is 20.8. The molecule has 3 heterocycles. The van der Waals surface area contributed by atoms with Crippen LogP contribution in [0.1, 0.15) is 31.2 Å². The van der Waals surface area contributed by atoms with E-state index < -0.39 is 0 Å². The predicted octanol–water partition coefficient (Wildman–Crippen LogP) is 4.57. The van der Waals surface area contributed by atoms with Gasteiger partial charge in [0.25, 0.3) is 0 Å². The van der Waals surface area contributed by atoms with Gasteiger partial charge in [-0.1, -0.05) is 23.9 Å². The fraction of sp³-hybridized carbons (Fsp3) is 0.500. The lowest BCUT2D eigenvalue weighted by molar-refractivity contribution is 0.111. The fourth-order valence-electron chi connectivity index (χ4n) is 4.80. The summed E-state index contributed by atoms with van der Waals surface area (Å²) in [6.45, 7) is 5.29. The standard InChI is InChI=1S/C24H30N2O2S/c1-3-21(29-22-5-6-23-24(16-22)28-17-27-23)4-2-18(1)15-19-9-13-26(14-10-19)20-7-11-25-12-8-20/h1-6,16,19-20,25H,7-15,17H2. The second-order valence-corrected chi connectivity index (χ2v) is 9.57. The number of ether oxygens (including phenoxy) is 2. The summed E-state index contributed by atoms with van der Waals surface area (Å²) in [5, 5.41) is 3.49. The zero-order valence-electron chi connectivity index (χ0n) is 16.9. The Labute approximate surface area is 178 Å². The van der Waals surface area contributed by atoms with Crippen LogP contribution < -0.4 is 14.8 Å². The monoisotopic (exact) mass is 410 g/mol. The molecule has 0 spiro atoms. The zero-order valence-corrected chi connectivity index (χ0v) is 17.8. The molecule has 29 heavy (non-hydrogen) atoms. The Bertz CT molecular complexity index is 812. The predicted molar refractivity (Wildman–Crippen MR) is 117 cm³/mol. The van der Waals surface area contributed by atoms with E-state index >= 15 is 0 Å². The van der Waals surface area contributed by atoms with Gasteiger partial charge in [-0.2, -0.15) is 0 Å².